The van der Waals surface area contributed by atoms with Crippen LogP contribution in [-0.2, 0) is 0 Å². The van der Waals surface area contributed by atoms with Crippen LogP contribution < -0.4 is 5.73 Å². The number of amides is 1. The molecular weight excluding hydrogens is 305 g/mol. The van der Waals surface area contributed by atoms with Crippen LogP contribution in [0.15, 0.2) is 6.07 Å². The molecule has 0 radical (unpaired) electrons. The second-order valence-corrected chi connectivity index (χ2v) is 3.74. The monoisotopic (exact) mass is 312 g/mol. The fraction of sp³-hybridized carbons (Fsp3) is 0.250. The van der Waals surface area contributed by atoms with Gasteiger partial charge in [-0.1, -0.05) is 0 Å². The minimum Gasteiger partial charge on any atom is -0.364 e. The lowest BCUT2D eigenvalue weighted by Gasteiger charge is -2.07. The van der Waals surface area contributed by atoms with E-state index < -0.39 is 12.3 Å². The van der Waals surface area contributed by atoms with E-state index in [0.717, 1.165) is 6.07 Å². The molecule has 0 aliphatic rings. The summed E-state index contributed by atoms with van der Waals surface area (Å²) in [7, 11) is 0. The predicted molar refractivity (Wildman–Crippen MR) is 55.2 cm³/mol. The Labute approximate surface area is 92.8 Å². The second-order valence-electron chi connectivity index (χ2n) is 2.66. The number of primary amides is 1. The second kappa shape index (κ2) is 4.16. The lowest BCUT2D eigenvalue weighted by molar-refractivity contribution is 0.0994. The maximum Gasteiger partial charge on any atom is 0.267 e. The van der Waals surface area contributed by atoms with E-state index in [1.165, 1.54) is 0 Å². The average molecular weight is 312 g/mol. The quantitative estimate of drug-likeness (QED) is 0.850. The van der Waals surface area contributed by atoms with E-state index in [4.69, 9.17) is 5.73 Å². The number of rotatable bonds is 2. The van der Waals surface area contributed by atoms with Crippen LogP contribution >= 0.6 is 22.6 Å². The highest BCUT2D eigenvalue weighted by Crippen LogP contribution is 2.26. The van der Waals surface area contributed by atoms with Gasteiger partial charge in [0, 0.05) is 9.13 Å². The first kappa shape index (κ1) is 11.3. The molecule has 1 aromatic heterocycles. The Kier molecular flexibility index (Phi) is 3.35. The van der Waals surface area contributed by atoms with Gasteiger partial charge in [0.15, 0.2) is 0 Å². The van der Waals surface area contributed by atoms with Crippen LogP contribution in [0.5, 0.6) is 0 Å². The number of aromatic nitrogens is 1. The molecule has 0 aromatic carbocycles. The van der Waals surface area contributed by atoms with Crippen molar-refractivity contribution in [2.75, 3.05) is 0 Å². The number of pyridine rings is 1. The lowest BCUT2D eigenvalue weighted by Crippen LogP contribution is -2.15. The van der Waals surface area contributed by atoms with E-state index in [1.807, 2.05) is 0 Å². The first-order chi connectivity index (χ1) is 6.43. The van der Waals surface area contributed by atoms with Gasteiger partial charge in [0.25, 0.3) is 12.3 Å². The maximum absolute atomic E-state index is 12.5. The number of nitrogens with two attached hydrogens (primary N) is 1. The molecule has 0 aliphatic carbocycles. The Hall–Kier alpha value is -0.790. The first-order valence-electron chi connectivity index (χ1n) is 3.68. The molecule has 1 heterocycles. The molecule has 14 heavy (non-hydrogen) atoms. The van der Waals surface area contributed by atoms with Gasteiger partial charge < -0.3 is 5.73 Å². The highest BCUT2D eigenvalue weighted by atomic mass is 127. The molecule has 1 amide bonds. The van der Waals surface area contributed by atoms with Gasteiger partial charge in [0.2, 0.25) is 0 Å². The van der Waals surface area contributed by atoms with Gasteiger partial charge in [-0.15, -0.1) is 0 Å². The average Bonchev–Trinajstić information content (AvgIpc) is 2.08. The number of alkyl halides is 2. The normalized spacial score (nSPS) is 10.6. The van der Waals surface area contributed by atoms with E-state index in [9.17, 15) is 13.6 Å². The van der Waals surface area contributed by atoms with Gasteiger partial charge in [0.1, 0.15) is 5.69 Å². The summed E-state index contributed by atoms with van der Waals surface area (Å²) in [5.41, 5.74) is 5.01. The SMILES string of the molecule is Cc1nc(C(N)=O)cc(C(F)F)c1I. The van der Waals surface area contributed by atoms with Crippen LogP contribution in [0.2, 0.25) is 0 Å². The standard InChI is InChI=1S/C8H7F2IN2O/c1-3-6(11)4(7(9)10)2-5(13-3)8(12)14/h2,7H,1H3,(H2,12,14). The van der Waals surface area contributed by atoms with E-state index in [0.29, 0.717) is 9.26 Å². The van der Waals surface area contributed by atoms with Crippen LogP contribution in [0.3, 0.4) is 0 Å². The summed E-state index contributed by atoms with van der Waals surface area (Å²) in [6, 6.07) is 1.03. The Morgan fingerprint density at radius 2 is 2.21 bits per heavy atom. The Balaban J connectivity index is 3.35. The number of hydrogen-bond donors (Lipinski definition) is 1. The first-order valence-corrected chi connectivity index (χ1v) is 4.76. The molecule has 3 nitrogen and oxygen atoms in total. The van der Waals surface area contributed by atoms with Gasteiger partial charge in [-0.25, -0.2) is 13.8 Å². The summed E-state index contributed by atoms with van der Waals surface area (Å²) in [6.45, 7) is 1.56. The van der Waals surface area contributed by atoms with Crippen molar-refractivity contribution in [3.05, 3.63) is 26.6 Å². The van der Waals surface area contributed by atoms with Crippen LogP contribution in [0, 0.1) is 10.5 Å². The van der Waals surface area contributed by atoms with Crippen molar-refractivity contribution in [1.82, 2.24) is 4.98 Å². The highest BCUT2D eigenvalue weighted by Gasteiger charge is 2.17. The van der Waals surface area contributed by atoms with Gasteiger partial charge in [0.05, 0.1) is 5.69 Å². The van der Waals surface area contributed by atoms with Gasteiger partial charge in [-0.05, 0) is 35.6 Å². The molecule has 76 valence electrons. The molecule has 0 atom stereocenters. The number of halogens is 3. The number of hydrogen-bond acceptors (Lipinski definition) is 2. The molecule has 0 saturated heterocycles. The smallest absolute Gasteiger partial charge is 0.267 e. The molecule has 0 bridgehead atoms. The largest absolute Gasteiger partial charge is 0.364 e. The van der Waals surface area contributed by atoms with E-state index in [-0.39, 0.29) is 11.3 Å². The molecular formula is C8H7F2IN2O. The van der Waals surface area contributed by atoms with Crippen molar-refractivity contribution in [2.24, 2.45) is 5.73 Å². The molecule has 1 rings (SSSR count). The zero-order valence-electron chi connectivity index (χ0n) is 7.22. The zero-order chi connectivity index (χ0) is 10.9. The fourth-order valence-corrected chi connectivity index (χ4v) is 1.48. The fourth-order valence-electron chi connectivity index (χ4n) is 0.967. The minimum absolute atomic E-state index is 0.127. The van der Waals surface area contributed by atoms with Crippen molar-refractivity contribution in [3.8, 4) is 0 Å². The highest BCUT2D eigenvalue weighted by molar-refractivity contribution is 14.1. The van der Waals surface area contributed by atoms with Crippen molar-refractivity contribution >= 4 is 28.5 Å². The van der Waals surface area contributed by atoms with Crippen LogP contribution in [0.1, 0.15) is 28.2 Å². The third kappa shape index (κ3) is 2.17. The zero-order valence-corrected chi connectivity index (χ0v) is 9.38. The summed E-state index contributed by atoms with van der Waals surface area (Å²) >= 11 is 1.77. The Bertz CT molecular complexity index is 382. The molecule has 2 N–H and O–H groups in total. The molecule has 0 saturated carbocycles. The number of aryl methyl sites for hydroxylation is 1. The lowest BCUT2D eigenvalue weighted by atomic mass is 10.2. The number of carbonyl (C=O) groups excluding carboxylic acids is 1. The van der Waals surface area contributed by atoms with Crippen molar-refractivity contribution < 1.29 is 13.6 Å². The van der Waals surface area contributed by atoms with E-state index >= 15 is 0 Å². The topological polar surface area (TPSA) is 56.0 Å². The van der Waals surface area contributed by atoms with Crippen LogP contribution in [0.25, 0.3) is 0 Å². The molecule has 0 unspecified atom stereocenters. The summed E-state index contributed by atoms with van der Waals surface area (Å²) < 4.78 is 25.3. The predicted octanol–water partition coefficient (Wildman–Crippen LogP) is 2.03. The van der Waals surface area contributed by atoms with Crippen molar-refractivity contribution in [1.29, 1.82) is 0 Å². The molecule has 0 spiro atoms. The van der Waals surface area contributed by atoms with Crippen LogP contribution in [0.4, 0.5) is 8.78 Å². The van der Waals surface area contributed by atoms with Crippen LogP contribution in [-0.4, -0.2) is 10.9 Å². The Morgan fingerprint density at radius 1 is 1.64 bits per heavy atom. The van der Waals surface area contributed by atoms with Crippen molar-refractivity contribution in [2.45, 2.75) is 13.3 Å². The van der Waals surface area contributed by atoms with Gasteiger partial charge >= 0.3 is 0 Å². The van der Waals surface area contributed by atoms with E-state index in [1.54, 1.807) is 29.5 Å². The van der Waals surface area contributed by atoms with E-state index in [2.05, 4.69) is 4.98 Å². The summed E-state index contributed by atoms with van der Waals surface area (Å²) in [5.74, 6) is -0.800. The number of nitrogens with zero attached hydrogens (tertiary/aromatic N) is 1. The molecule has 0 fully saturated rings. The van der Waals surface area contributed by atoms with Gasteiger partial charge in [-0.2, -0.15) is 0 Å². The third-order valence-electron chi connectivity index (χ3n) is 1.64. The third-order valence-corrected chi connectivity index (χ3v) is 3.04. The maximum atomic E-state index is 12.5. The molecule has 0 aliphatic heterocycles. The summed E-state index contributed by atoms with van der Waals surface area (Å²) in [4.78, 5) is 14.6. The molecule has 6 heteroatoms. The Morgan fingerprint density at radius 3 is 2.64 bits per heavy atom. The van der Waals surface area contributed by atoms with Gasteiger partial charge in [-0.3, -0.25) is 4.79 Å². The number of carbonyl (C=O) groups is 1. The minimum atomic E-state index is -2.62. The molecule has 1 aromatic rings. The summed E-state index contributed by atoms with van der Waals surface area (Å²) in [5, 5.41) is 0. The summed E-state index contributed by atoms with van der Waals surface area (Å²) in [6.07, 6.45) is -2.62. The van der Waals surface area contributed by atoms with Crippen molar-refractivity contribution in [3.63, 3.8) is 0 Å².